The Kier molecular flexibility index (Phi) is 3.25. The van der Waals surface area contributed by atoms with Crippen LogP contribution in [0, 0.1) is 17.8 Å². The molecule has 0 bridgehead atoms. The summed E-state index contributed by atoms with van der Waals surface area (Å²) in [6.45, 7) is 4.58. The Bertz CT molecular complexity index is 637. The normalized spacial score (nSPS) is 23.6. The molecule has 108 valence electrons. The summed E-state index contributed by atoms with van der Waals surface area (Å²) in [5, 5.41) is 0. The quantitative estimate of drug-likeness (QED) is 0.779. The van der Waals surface area contributed by atoms with E-state index in [-0.39, 0.29) is 17.9 Å². The first-order valence-electron chi connectivity index (χ1n) is 7.20. The smallest absolute Gasteiger partial charge is 0.257 e. The van der Waals surface area contributed by atoms with Crippen LogP contribution >= 0.6 is 0 Å². The van der Waals surface area contributed by atoms with Crippen LogP contribution < -0.4 is 0 Å². The first-order valence-corrected chi connectivity index (χ1v) is 7.20. The molecule has 3 rings (SSSR count). The standard InChI is InChI=1S/C18H19NO2/c1-4-10-19-16(20)14-11-18(2,3)12-15(14)21-17(19)13-8-6-5-7-9-13/h1,5-9,17H,10-12H2,2-3H3. The van der Waals surface area contributed by atoms with E-state index in [1.807, 2.05) is 30.3 Å². The number of ether oxygens (including phenoxy) is 1. The minimum Gasteiger partial charge on any atom is -0.470 e. The highest BCUT2D eigenvalue weighted by Crippen LogP contribution is 2.47. The van der Waals surface area contributed by atoms with Gasteiger partial charge in [-0.1, -0.05) is 50.1 Å². The first-order chi connectivity index (χ1) is 10.0. The van der Waals surface area contributed by atoms with Crippen LogP contribution in [-0.2, 0) is 9.53 Å². The van der Waals surface area contributed by atoms with E-state index in [2.05, 4.69) is 19.8 Å². The van der Waals surface area contributed by atoms with Crippen LogP contribution in [0.25, 0.3) is 0 Å². The van der Waals surface area contributed by atoms with E-state index in [1.54, 1.807) is 4.90 Å². The molecule has 1 aliphatic heterocycles. The van der Waals surface area contributed by atoms with E-state index in [0.717, 1.165) is 29.7 Å². The predicted molar refractivity (Wildman–Crippen MR) is 80.9 cm³/mol. The van der Waals surface area contributed by atoms with Gasteiger partial charge in [-0.05, 0) is 11.8 Å². The maximum atomic E-state index is 12.8. The molecule has 1 aromatic carbocycles. The van der Waals surface area contributed by atoms with Gasteiger partial charge < -0.3 is 4.74 Å². The van der Waals surface area contributed by atoms with Crippen molar-refractivity contribution in [1.82, 2.24) is 4.90 Å². The number of amides is 1. The maximum Gasteiger partial charge on any atom is 0.257 e. The lowest BCUT2D eigenvalue weighted by Gasteiger charge is -2.35. The number of carbonyl (C=O) groups is 1. The van der Waals surface area contributed by atoms with Crippen molar-refractivity contribution in [3.63, 3.8) is 0 Å². The second-order valence-electron chi connectivity index (χ2n) is 6.44. The predicted octanol–water partition coefficient (Wildman–Crippen LogP) is 3.25. The summed E-state index contributed by atoms with van der Waals surface area (Å²) >= 11 is 0. The Morgan fingerprint density at radius 1 is 1.33 bits per heavy atom. The van der Waals surface area contributed by atoms with Gasteiger partial charge in [-0.25, -0.2) is 0 Å². The zero-order valence-electron chi connectivity index (χ0n) is 12.4. The summed E-state index contributed by atoms with van der Waals surface area (Å²) in [6, 6.07) is 9.77. The molecule has 1 aliphatic carbocycles. The zero-order valence-corrected chi connectivity index (χ0v) is 12.4. The Labute approximate surface area is 125 Å². The van der Waals surface area contributed by atoms with Crippen molar-refractivity contribution in [2.75, 3.05) is 6.54 Å². The molecule has 0 N–H and O–H groups in total. The number of terminal acetylenes is 1. The van der Waals surface area contributed by atoms with E-state index in [0.29, 0.717) is 0 Å². The fraction of sp³-hybridized carbons (Fsp3) is 0.389. The van der Waals surface area contributed by atoms with E-state index >= 15 is 0 Å². The molecule has 3 nitrogen and oxygen atoms in total. The number of benzene rings is 1. The monoisotopic (exact) mass is 281 g/mol. The molecule has 0 saturated carbocycles. The molecule has 1 heterocycles. The van der Waals surface area contributed by atoms with Gasteiger partial charge in [-0.15, -0.1) is 6.42 Å². The highest BCUT2D eigenvalue weighted by atomic mass is 16.5. The van der Waals surface area contributed by atoms with Gasteiger partial charge in [-0.2, -0.15) is 0 Å². The first kappa shape index (κ1) is 13.8. The summed E-state index contributed by atoms with van der Waals surface area (Å²) in [5.74, 6) is 3.43. The van der Waals surface area contributed by atoms with Crippen LogP contribution in [0.15, 0.2) is 41.7 Å². The van der Waals surface area contributed by atoms with E-state index in [4.69, 9.17) is 11.2 Å². The number of allylic oxidation sites excluding steroid dienone is 1. The third-order valence-electron chi connectivity index (χ3n) is 4.03. The molecule has 0 radical (unpaired) electrons. The van der Waals surface area contributed by atoms with Gasteiger partial charge in [0, 0.05) is 12.0 Å². The number of rotatable bonds is 2. The van der Waals surface area contributed by atoms with Crippen LogP contribution in [0.3, 0.4) is 0 Å². The minimum atomic E-state index is -0.414. The third kappa shape index (κ3) is 2.42. The summed E-state index contributed by atoms with van der Waals surface area (Å²) < 4.78 is 6.16. The molecular formula is C18H19NO2. The van der Waals surface area contributed by atoms with Crippen molar-refractivity contribution in [1.29, 1.82) is 0 Å². The molecule has 0 spiro atoms. The molecule has 1 atom stereocenters. The lowest BCUT2D eigenvalue weighted by molar-refractivity contribution is -0.142. The van der Waals surface area contributed by atoms with Gasteiger partial charge in [0.05, 0.1) is 12.1 Å². The Morgan fingerprint density at radius 3 is 2.71 bits per heavy atom. The topological polar surface area (TPSA) is 29.5 Å². The average molecular weight is 281 g/mol. The van der Waals surface area contributed by atoms with Crippen molar-refractivity contribution < 1.29 is 9.53 Å². The van der Waals surface area contributed by atoms with Gasteiger partial charge in [0.15, 0.2) is 0 Å². The lowest BCUT2D eigenvalue weighted by atomic mass is 9.89. The second-order valence-corrected chi connectivity index (χ2v) is 6.44. The highest BCUT2D eigenvalue weighted by Gasteiger charge is 2.43. The fourth-order valence-electron chi connectivity index (χ4n) is 3.09. The van der Waals surface area contributed by atoms with Crippen molar-refractivity contribution in [3.05, 3.63) is 47.2 Å². The lowest BCUT2D eigenvalue weighted by Crippen LogP contribution is -2.40. The molecule has 0 aromatic heterocycles. The number of nitrogens with zero attached hydrogens (tertiary/aromatic N) is 1. The molecule has 21 heavy (non-hydrogen) atoms. The van der Waals surface area contributed by atoms with Crippen molar-refractivity contribution in [3.8, 4) is 12.3 Å². The van der Waals surface area contributed by atoms with E-state index in [9.17, 15) is 4.79 Å². The van der Waals surface area contributed by atoms with Crippen LogP contribution in [0.2, 0.25) is 0 Å². The molecule has 1 unspecified atom stereocenters. The van der Waals surface area contributed by atoms with Crippen molar-refractivity contribution in [2.24, 2.45) is 5.41 Å². The zero-order chi connectivity index (χ0) is 15.0. The van der Waals surface area contributed by atoms with E-state index in [1.165, 1.54) is 0 Å². The summed E-state index contributed by atoms with van der Waals surface area (Å²) in [4.78, 5) is 14.4. The average Bonchev–Trinajstić information content (AvgIpc) is 2.78. The number of hydrogen-bond acceptors (Lipinski definition) is 2. The van der Waals surface area contributed by atoms with Crippen molar-refractivity contribution >= 4 is 5.91 Å². The van der Waals surface area contributed by atoms with Crippen LogP contribution in [0.4, 0.5) is 0 Å². The molecule has 2 aliphatic rings. The molecule has 0 saturated heterocycles. The summed E-state index contributed by atoms with van der Waals surface area (Å²) in [5.41, 5.74) is 1.83. The van der Waals surface area contributed by atoms with Crippen LogP contribution in [0.5, 0.6) is 0 Å². The Morgan fingerprint density at radius 2 is 2.05 bits per heavy atom. The van der Waals surface area contributed by atoms with Gasteiger partial charge in [0.1, 0.15) is 5.76 Å². The SMILES string of the molecule is C#CCN1C(=O)C2=C(CC(C)(C)C2)OC1c1ccccc1. The highest BCUT2D eigenvalue weighted by molar-refractivity contribution is 5.95. The Balaban J connectivity index is 1.98. The van der Waals surface area contributed by atoms with Crippen LogP contribution in [0.1, 0.15) is 38.5 Å². The molecule has 1 aromatic rings. The van der Waals surface area contributed by atoms with Gasteiger partial charge in [0.2, 0.25) is 6.23 Å². The Hall–Kier alpha value is -2.21. The second kappa shape index (κ2) is 4.96. The third-order valence-corrected chi connectivity index (χ3v) is 4.03. The van der Waals surface area contributed by atoms with Gasteiger partial charge >= 0.3 is 0 Å². The fourth-order valence-corrected chi connectivity index (χ4v) is 3.09. The molecule has 1 amide bonds. The largest absolute Gasteiger partial charge is 0.470 e. The summed E-state index contributed by atoms with van der Waals surface area (Å²) in [7, 11) is 0. The van der Waals surface area contributed by atoms with E-state index < -0.39 is 6.23 Å². The van der Waals surface area contributed by atoms with Crippen molar-refractivity contribution in [2.45, 2.75) is 32.9 Å². The minimum absolute atomic E-state index is 0.0219. The van der Waals surface area contributed by atoms with Crippen LogP contribution in [-0.4, -0.2) is 17.4 Å². The molecule has 3 heteroatoms. The molecule has 0 fully saturated rings. The maximum absolute atomic E-state index is 12.8. The number of carbonyl (C=O) groups excluding carboxylic acids is 1. The summed E-state index contributed by atoms with van der Waals surface area (Å²) in [6.07, 6.45) is 6.58. The van der Waals surface area contributed by atoms with Gasteiger partial charge in [0.25, 0.3) is 5.91 Å². The molecular weight excluding hydrogens is 262 g/mol. The number of hydrogen-bond donors (Lipinski definition) is 0. The van der Waals surface area contributed by atoms with Gasteiger partial charge in [-0.3, -0.25) is 9.69 Å².